The predicted octanol–water partition coefficient (Wildman–Crippen LogP) is 7.02. The summed E-state index contributed by atoms with van der Waals surface area (Å²) in [4.78, 5) is 0. The standard InChI is InChI=1S/C20H42OS/c1-3-4-5-6-7-8-9-10-11-12-13-14-15-16-17-18-19-20-22(2)21/h3-20H2,1-2H3. The van der Waals surface area contributed by atoms with Crippen LogP contribution in [0.25, 0.3) is 0 Å². The Labute approximate surface area is 143 Å². The highest BCUT2D eigenvalue weighted by molar-refractivity contribution is 7.84. The molecule has 1 unspecified atom stereocenters. The van der Waals surface area contributed by atoms with E-state index in [0.29, 0.717) is 0 Å². The first-order valence-corrected chi connectivity index (χ1v) is 11.8. The van der Waals surface area contributed by atoms with Gasteiger partial charge in [0.15, 0.2) is 0 Å². The molecule has 0 saturated heterocycles. The summed E-state index contributed by atoms with van der Waals surface area (Å²) in [6.07, 6.45) is 25.7. The van der Waals surface area contributed by atoms with Gasteiger partial charge in [-0.3, -0.25) is 4.21 Å². The second-order valence-electron chi connectivity index (χ2n) is 6.93. The zero-order valence-electron chi connectivity index (χ0n) is 15.5. The normalized spacial score (nSPS) is 12.6. The van der Waals surface area contributed by atoms with Crippen molar-refractivity contribution >= 4 is 10.8 Å². The van der Waals surface area contributed by atoms with Crippen LogP contribution in [-0.2, 0) is 10.8 Å². The van der Waals surface area contributed by atoms with Gasteiger partial charge in [-0.05, 0) is 6.42 Å². The molecular formula is C20H42OS. The van der Waals surface area contributed by atoms with E-state index in [1.165, 1.54) is 103 Å². The molecule has 134 valence electrons. The van der Waals surface area contributed by atoms with Crippen LogP contribution in [0.2, 0.25) is 0 Å². The zero-order valence-corrected chi connectivity index (χ0v) is 16.4. The molecule has 0 aromatic rings. The van der Waals surface area contributed by atoms with Crippen LogP contribution in [0.3, 0.4) is 0 Å². The number of unbranched alkanes of at least 4 members (excludes halogenated alkanes) is 16. The van der Waals surface area contributed by atoms with Gasteiger partial charge in [0, 0.05) is 22.8 Å². The van der Waals surface area contributed by atoms with Crippen LogP contribution in [0, 0.1) is 0 Å². The van der Waals surface area contributed by atoms with Crippen molar-refractivity contribution in [3.8, 4) is 0 Å². The van der Waals surface area contributed by atoms with Crippen molar-refractivity contribution in [2.24, 2.45) is 0 Å². The Morgan fingerprint density at radius 3 is 1.05 bits per heavy atom. The minimum absolute atomic E-state index is 0.584. The van der Waals surface area contributed by atoms with Crippen LogP contribution in [0.4, 0.5) is 0 Å². The highest BCUT2D eigenvalue weighted by Gasteiger charge is 1.95. The monoisotopic (exact) mass is 330 g/mol. The van der Waals surface area contributed by atoms with Crippen LogP contribution >= 0.6 is 0 Å². The molecule has 0 aromatic heterocycles. The fraction of sp³-hybridized carbons (Fsp3) is 1.00. The molecule has 0 radical (unpaired) electrons. The molecule has 0 fully saturated rings. The SMILES string of the molecule is CCCCCCCCCCCCCCCCCCCS(C)=O. The molecule has 0 aliphatic carbocycles. The van der Waals surface area contributed by atoms with Crippen molar-refractivity contribution in [1.29, 1.82) is 0 Å². The molecule has 2 heteroatoms. The Morgan fingerprint density at radius 1 is 0.500 bits per heavy atom. The Balaban J connectivity index is 2.95. The van der Waals surface area contributed by atoms with Crippen LogP contribution in [0.5, 0.6) is 0 Å². The third kappa shape index (κ3) is 20.1. The van der Waals surface area contributed by atoms with E-state index >= 15 is 0 Å². The third-order valence-corrected chi connectivity index (χ3v) is 5.40. The molecule has 0 aliphatic heterocycles. The van der Waals surface area contributed by atoms with Crippen molar-refractivity contribution in [2.45, 2.75) is 116 Å². The molecule has 0 spiro atoms. The molecule has 1 atom stereocenters. The maximum Gasteiger partial charge on any atom is 0.0232 e. The molecule has 0 saturated carbocycles. The van der Waals surface area contributed by atoms with E-state index in [1.54, 1.807) is 0 Å². The van der Waals surface area contributed by atoms with Crippen LogP contribution in [0.15, 0.2) is 0 Å². The summed E-state index contributed by atoms with van der Waals surface area (Å²) in [5, 5.41) is 0. The first-order valence-electron chi connectivity index (χ1n) is 10.1. The molecule has 0 heterocycles. The topological polar surface area (TPSA) is 17.1 Å². The van der Waals surface area contributed by atoms with Gasteiger partial charge in [-0.15, -0.1) is 0 Å². The first-order chi connectivity index (χ1) is 10.8. The van der Waals surface area contributed by atoms with Crippen LogP contribution in [-0.4, -0.2) is 16.2 Å². The quantitative estimate of drug-likeness (QED) is 0.247. The Kier molecular flexibility index (Phi) is 19.3. The second-order valence-corrected chi connectivity index (χ2v) is 8.49. The Hall–Kier alpha value is 0.150. The summed E-state index contributed by atoms with van der Waals surface area (Å²) in [6, 6.07) is 0. The smallest absolute Gasteiger partial charge is 0.0232 e. The molecule has 0 aromatic carbocycles. The molecule has 0 rings (SSSR count). The van der Waals surface area contributed by atoms with Gasteiger partial charge in [-0.1, -0.05) is 110 Å². The third-order valence-electron chi connectivity index (χ3n) is 4.54. The zero-order chi connectivity index (χ0) is 16.3. The number of hydrogen-bond acceptors (Lipinski definition) is 1. The van der Waals surface area contributed by atoms with Gasteiger partial charge in [-0.25, -0.2) is 0 Å². The minimum atomic E-state index is -0.584. The van der Waals surface area contributed by atoms with Crippen molar-refractivity contribution in [3.05, 3.63) is 0 Å². The highest BCUT2D eigenvalue weighted by atomic mass is 32.2. The molecule has 0 aliphatic rings. The van der Waals surface area contributed by atoms with Gasteiger partial charge in [0.25, 0.3) is 0 Å². The summed E-state index contributed by atoms with van der Waals surface area (Å²) in [7, 11) is -0.584. The molecular weight excluding hydrogens is 288 g/mol. The summed E-state index contributed by atoms with van der Waals surface area (Å²) in [5.74, 6) is 0.901. The lowest BCUT2D eigenvalue weighted by Gasteiger charge is -2.03. The van der Waals surface area contributed by atoms with Crippen molar-refractivity contribution in [2.75, 3.05) is 12.0 Å². The lowest BCUT2D eigenvalue weighted by Crippen LogP contribution is -1.93. The predicted molar refractivity (Wildman–Crippen MR) is 103 cm³/mol. The minimum Gasteiger partial charge on any atom is -0.260 e. The van der Waals surface area contributed by atoms with E-state index in [2.05, 4.69) is 6.92 Å². The fourth-order valence-corrected chi connectivity index (χ4v) is 3.64. The lowest BCUT2D eigenvalue weighted by molar-refractivity contribution is 0.529. The number of hydrogen-bond donors (Lipinski definition) is 0. The average Bonchev–Trinajstić information content (AvgIpc) is 2.50. The van der Waals surface area contributed by atoms with Crippen molar-refractivity contribution < 1.29 is 4.21 Å². The summed E-state index contributed by atoms with van der Waals surface area (Å²) in [6.45, 7) is 2.29. The maximum absolute atomic E-state index is 10.9. The Morgan fingerprint density at radius 2 is 0.773 bits per heavy atom. The molecule has 0 N–H and O–H groups in total. The molecule has 0 amide bonds. The van der Waals surface area contributed by atoms with E-state index in [4.69, 9.17) is 0 Å². The Bertz CT molecular complexity index is 228. The maximum atomic E-state index is 10.9. The van der Waals surface area contributed by atoms with E-state index in [1.807, 2.05) is 6.26 Å². The summed E-state index contributed by atoms with van der Waals surface area (Å²) < 4.78 is 10.9. The van der Waals surface area contributed by atoms with E-state index in [9.17, 15) is 4.21 Å². The van der Waals surface area contributed by atoms with Crippen molar-refractivity contribution in [1.82, 2.24) is 0 Å². The molecule has 22 heavy (non-hydrogen) atoms. The summed E-state index contributed by atoms with van der Waals surface area (Å²) >= 11 is 0. The van der Waals surface area contributed by atoms with E-state index < -0.39 is 10.8 Å². The van der Waals surface area contributed by atoms with Gasteiger partial charge >= 0.3 is 0 Å². The van der Waals surface area contributed by atoms with Crippen LogP contribution in [0.1, 0.15) is 116 Å². The number of rotatable bonds is 18. The largest absolute Gasteiger partial charge is 0.260 e. The second kappa shape index (κ2) is 19.2. The van der Waals surface area contributed by atoms with Gasteiger partial charge < -0.3 is 0 Å². The first kappa shape index (κ1) is 22.1. The van der Waals surface area contributed by atoms with Gasteiger partial charge in [0.1, 0.15) is 0 Å². The molecule has 0 bridgehead atoms. The van der Waals surface area contributed by atoms with Crippen LogP contribution < -0.4 is 0 Å². The average molecular weight is 331 g/mol. The highest BCUT2D eigenvalue weighted by Crippen LogP contribution is 2.13. The van der Waals surface area contributed by atoms with Gasteiger partial charge in [0.2, 0.25) is 0 Å². The van der Waals surface area contributed by atoms with Gasteiger partial charge in [-0.2, -0.15) is 0 Å². The van der Waals surface area contributed by atoms with Gasteiger partial charge in [0.05, 0.1) is 0 Å². The van der Waals surface area contributed by atoms with E-state index in [0.717, 1.165) is 12.2 Å². The van der Waals surface area contributed by atoms with Crippen molar-refractivity contribution in [3.63, 3.8) is 0 Å². The summed E-state index contributed by atoms with van der Waals surface area (Å²) in [5.41, 5.74) is 0. The van der Waals surface area contributed by atoms with E-state index in [-0.39, 0.29) is 0 Å². The fourth-order valence-electron chi connectivity index (χ4n) is 3.03. The lowest BCUT2D eigenvalue weighted by atomic mass is 10.0. The molecule has 1 nitrogen and oxygen atoms in total.